The van der Waals surface area contributed by atoms with E-state index in [0.29, 0.717) is 29.4 Å². The molecule has 1 aliphatic rings. The van der Waals surface area contributed by atoms with E-state index in [4.69, 9.17) is 4.74 Å². The highest BCUT2D eigenvalue weighted by Gasteiger charge is 2.32. The van der Waals surface area contributed by atoms with Crippen LogP contribution in [0.1, 0.15) is 62.9 Å². The predicted molar refractivity (Wildman–Crippen MR) is 139 cm³/mol. The number of hydrogen-bond acceptors (Lipinski definition) is 5. The van der Waals surface area contributed by atoms with Crippen LogP contribution < -0.4 is 4.80 Å². The van der Waals surface area contributed by atoms with Crippen LogP contribution in [0.15, 0.2) is 52.4 Å². The van der Waals surface area contributed by atoms with Crippen LogP contribution in [0.3, 0.4) is 0 Å². The van der Waals surface area contributed by atoms with E-state index in [1.54, 1.807) is 12.1 Å². The molecule has 0 aliphatic carbocycles. The minimum Gasteiger partial charge on any atom is -0.373 e. The molecule has 2 unspecified atom stereocenters. The van der Waals surface area contributed by atoms with Gasteiger partial charge in [0, 0.05) is 25.2 Å². The van der Waals surface area contributed by atoms with Crippen LogP contribution >= 0.6 is 11.3 Å². The second-order valence-corrected chi connectivity index (χ2v) is 12.4. The van der Waals surface area contributed by atoms with Crippen LogP contribution in [0.4, 0.5) is 0 Å². The Bertz CT molecular complexity index is 1380. The summed E-state index contributed by atoms with van der Waals surface area (Å²) >= 11 is 1.51. The number of carbonyl (C=O) groups excluding carboxylic acids is 1. The lowest BCUT2D eigenvalue weighted by Gasteiger charge is -2.34. The average molecular weight is 516 g/mol. The number of carbonyl (C=O) groups is 1. The number of ether oxygens (including phenoxy) is 1. The summed E-state index contributed by atoms with van der Waals surface area (Å²) in [7, 11) is -3.66. The van der Waals surface area contributed by atoms with E-state index in [1.807, 2.05) is 13.8 Å². The van der Waals surface area contributed by atoms with Crippen LogP contribution in [-0.2, 0) is 21.3 Å². The number of nitrogens with zero attached hydrogens (tertiary/aromatic N) is 3. The summed E-state index contributed by atoms with van der Waals surface area (Å²) in [6, 6.07) is 12.5. The van der Waals surface area contributed by atoms with Crippen LogP contribution in [0, 0.1) is 0 Å². The molecule has 35 heavy (non-hydrogen) atoms. The van der Waals surface area contributed by atoms with Gasteiger partial charge < -0.3 is 9.30 Å². The van der Waals surface area contributed by atoms with Gasteiger partial charge in [0.2, 0.25) is 10.0 Å². The summed E-state index contributed by atoms with van der Waals surface area (Å²) in [5.74, 6) is 0.0323. The number of fused-ring (bicyclic) bond motifs is 1. The molecule has 1 amide bonds. The molecule has 2 aromatic carbocycles. The summed E-state index contributed by atoms with van der Waals surface area (Å²) in [4.78, 5) is 18.3. The van der Waals surface area contributed by atoms with Crippen molar-refractivity contribution in [3.05, 3.63) is 58.4 Å². The van der Waals surface area contributed by atoms with Crippen LogP contribution in [0.2, 0.25) is 0 Å². The first-order valence-corrected chi connectivity index (χ1v) is 14.3. The highest BCUT2D eigenvalue weighted by Crippen LogP contribution is 2.24. The summed E-state index contributed by atoms with van der Waals surface area (Å²) in [6.45, 7) is 11.5. The van der Waals surface area contributed by atoms with Gasteiger partial charge in [-0.3, -0.25) is 4.79 Å². The first kappa shape index (κ1) is 25.8. The molecule has 7 nitrogen and oxygen atoms in total. The fraction of sp³-hybridized carbons (Fsp3) is 0.462. The summed E-state index contributed by atoms with van der Waals surface area (Å²) in [6.07, 6.45) is 0.589. The monoisotopic (exact) mass is 515 g/mol. The molecule has 1 aromatic heterocycles. The molecule has 3 aromatic rings. The minimum absolute atomic E-state index is 0.166. The number of hydrogen-bond donors (Lipinski definition) is 0. The summed E-state index contributed by atoms with van der Waals surface area (Å²) in [5, 5.41) is 0. The van der Waals surface area contributed by atoms with Gasteiger partial charge >= 0.3 is 0 Å². The van der Waals surface area contributed by atoms with Crippen LogP contribution in [-0.4, -0.2) is 48.5 Å². The quantitative estimate of drug-likeness (QED) is 0.473. The van der Waals surface area contributed by atoms with E-state index in [0.717, 1.165) is 23.2 Å². The normalized spacial score (nSPS) is 20.1. The second-order valence-electron chi connectivity index (χ2n) is 9.44. The molecule has 0 radical (unpaired) electrons. The third-order valence-electron chi connectivity index (χ3n) is 6.14. The van der Waals surface area contributed by atoms with Crippen LogP contribution in [0.5, 0.6) is 0 Å². The summed E-state index contributed by atoms with van der Waals surface area (Å²) in [5.41, 5.74) is 2.68. The number of sulfonamides is 1. The fourth-order valence-electron chi connectivity index (χ4n) is 4.37. The van der Waals surface area contributed by atoms with Gasteiger partial charge in [0.05, 0.1) is 27.3 Å². The van der Waals surface area contributed by atoms with Gasteiger partial charge in [0.25, 0.3) is 5.91 Å². The van der Waals surface area contributed by atoms with Gasteiger partial charge in [-0.15, -0.1) is 0 Å². The first-order valence-electron chi connectivity index (χ1n) is 12.1. The molecule has 188 valence electrons. The molecule has 0 saturated carbocycles. The molecule has 1 saturated heterocycles. The Morgan fingerprint density at radius 3 is 2.37 bits per heavy atom. The predicted octanol–water partition coefficient (Wildman–Crippen LogP) is 4.78. The lowest BCUT2D eigenvalue weighted by Crippen LogP contribution is -2.48. The molecule has 0 spiro atoms. The number of rotatable bonds is 6. The molecule has 0 bridgehead atoms. The van der Waals surface area contributed by atoms with E-state index < -0.39 is 10.0 Å². The van der Waals surface area contributed by atoms with E-state index in [-0.39, 0.29) is 23.0 Å². The Labute approximate surface area is 211 Å². The zero-order chi connectivity index (χ0) is 25.3. The van der Waals surface area contributed by atoms with E-state index in [9.17, 15) is 13.2 Å². The highest BCUT2D eigenvalue weighted by atomic mass is 32.2. The first-order chi connectivity index (χ1) is 16.6. The zero-order valence-electron chi connectivity index (χ0n) is 20.9. The number of aromatic nitrogens is 1. The van der Waals surface area contributed by atoms with Gasteiger partial charge in [-0.1, -0.05) is 38.2 Å². The van der Waals surface area contributed by atoms with Crippen molar-refractivity contribution in [2.24, 2.45) is 4.99 Å². The Morgan fingerprint density at radius 1 is 1.11 bits per heavy atom. The van der Waals surface area contributed by atoms with Crippen molar-refractivity contribution in [3.8, 4) is 0 Å². The molecular weight excluding hydrogens is 482 g/mol. The SMILES string of the molecule is CCCn1c(=NC(=O)c2ccc(S(=O)(=O)N3CC(C)OC(C)C3)cc2)sc2cc(C(C)C)ccc21. The Kier molecular flexibility index (Phi) is 7.61. The highest BCUT2D eigenvalue weighted by molar-refractivity contribution is 7.89. The third kappa shape index (κ3) is 5.43. The van der Waals surface area contributed by atoms with Crippen molar-refractivity contribution in [3.63, 3.8) is 0 Å². The van der Waals surface area contributed by atoms with Crippen molar-refractivity contribution in [1.29, 1.82) is 0 Å². The van der Waals surface area contributed by atoms with Gasteiger partial charge in [-0.25, -0.2) is 8.42 Å². The standard InChI is InChI=1S/C26H33N3O4S2/c1-6-13-29-23-12-9-21(17(2)3)14-24(23)34-26(29)27-25(30)20-7-10-22(11-8-20)35(31,32)28-15-18(4)33-19(5)16-28/h7-12,14,17-19H,6,13,15-16H2,1-5H3. The zero-order valence-corrected chi connectivity index (χ0v) is 22.5. The smallest absolute Gasteiger partial charge is 0.279 e. The maximum atomic E-state index is 13.1. The molecule has 1 fully saturated rings. The van der Waals surface area contributed by atoms with E-state index in [2.05, 4.69) is 48.5 Å². The molecule has 1 aliphatic heterocycles. The lowest BCUT2D eigenvalue weighted by atomic mass is 10.0. The molecule has 2 atom stereocenters. The van der Waals surface area contributed by atoms with E-state index in [1.165, 1.54) is 33.3 Å². The lowest BCUT2D eigenvalue weighted by molar-refractivity contribution is -0.0440. The van der Waals surface area contributed by atoms with Gasteiger partial charge in [-0.05, 0) is 68.1 Å². The largest absolute Gasteiger partial charge is 0.373 e. The molecule has 9 heteroatoms. The maximum Gasteiger partial charge on any atom is 0.279 e. The number of thiazole rings is 1. The molecular formula is C26H33N3O4S2. The Balaban J connectivity index is 1.64. The minimum atomic E-state index is -3.66. The average Bonchev–Trinajstić information content (AvgIpc) is 3.14. The third-order valence-corrected chi connectivity index (χ3v) is 9.03. The molecule has 2 heterocycles. The second kappa shape index (κ2) is 10.3. The van der Waals surface area contributed by atoms with Gasteiger partial charge in [0.1, 0.15) is 0 Å². The van der Waals surface area contributed by atoms with Crippen LogP contribution in [0.25, 0.3) is 10.2 Å². The fourth-order valence-corrected chi connectivity index (χ4v) is 7.06. The number of aryl methyl sites for hydroxylation is 1. The maximum absolute atomic E-state index is 13.1. The number of benzene rings is 2. The molecule has 0 N–H and O–H groups in total. The molecule has 4 rings (SSSR count). The van der Waals surface area contributed by atoms with Crippen molar-refractivity contribution in [2.75, 3.05) is 13.1 Å². The van der Waals surface area contributed by atoms with Gasteiger partial charge in [-0.2, -0.15) is 9.30 Å². The van der Waals surface area contributed by atoms with Crippen molar-refractivity contribution >= 4 is 37.5 Å². The van der Waals surface area contributed by atoms with Gasteiger partial charge in [0.15, 0.2) is 4.80 Å². The number of morpholine rings is 1. The van der Waals surface area contributed by atoms with Crippen molar-refractivity contribution < 1.29 is 17.9 Å². The number of amides is 1. The topological polar surface area (TPSA) is 81.0 Å². The van der Waals surface area contributed by atoms with E-state index >= 15 is 0 Å². The summed E-state index contributed by atoms with van der Waals surface area (Å²) < 4.78 is 36.5. The van der Waals surface area contributed by atoms with Crippen molar-refractivity contribution in [1.82, 2.24) is 8.87 Å². The Hall–Kier alpha value is -2.33. The Morgan fingerprint density at radius 2 is 1.77 bits per heavy atom. The van der Waals surface area contributed by atoms with Crippen molar-refractivity contribution in [2.45, 2.75) is 70.6 Å².